The number of rotatable bonds is 11. The van der Waals surface area contributed by atoms with Crippen molar-refractivity contribution in [2.24, 2.45) is 28.7 Å². The van der Waals surface area contributed by atoms with E-state index in [9.17, 15) is 19.8 Å². The Morgan fingerprint density at radius 1 is 0.656 bits per heavy atom. The number of aliphatic imine (C=N–C) groups is 1. The molecule has 9 rings (SSSR count). The minimum absolute atomic E-state index is 0.129. The van der Waals surface area contributed by atoms with Crippen LogP contribution in [0.5, 0.6) is 0 Å². The van der Waals surface area contributed by atoms with E-state index < -0.39 is 11.3 Å². The maximum absolute atomic E-state index is 14.9. The van der Waals surface area contributed by atoms with Crippen LogP contribution in [0.3, 0.4) is 0 Å². The van der Waals surface area contributed by atoms with Crippen molar-refractivity contribution in [1.29, 1.82) is 0 Å². The van der Waals surface area contributed by atoms with Crippen LogP contribution in [0, 0.1) is 23.7 Å². The van der Waals surface area contributed by atoms with Gasteiger partial charge in [-0.15, -0.1) is 0 Å². The van der Waals surface area contributed by atoms with Gasteiger partial charge in [0.05, 0.1) is 38.3 Å². The van der Waals surface area contributed by atoms with Gasteiger partial charge in [-0.2, -0.15) is 0 Å². The van der Waals surface area contributed by atoms with Crippen LogP contribution in [0.4, 0.5) is 11.4 Å². The molecule has 0 atom stereocenters. The van der Waals surface area contributed by atoms with E-state index in [1.807, 2.05) is 50.2 Å². The summed E-state index contributed by atoms with van der Waals surface area (Å²) in [6.45, 7) is 23.6. The van der Waals surface area contributed by atoms with Crippen LogP contribution in [-0.4, -0.2) is 28.6 Å². The maximum Gasteiger partial charge on any atom is 0.235 e. The number of carbonyl (C=O) groups is 2. The van der Waals surface area contributed by atoms with Crippen LogP contribution in [0.1, 0.15) is 114 Å². The van der Waals surface area contributed by atoms with Crippen molar-refractivity contribution in [3.05, 3.63) is 121 Å². The van der Waals surface area contributed by atoms with Gasteiger partial charge in [0.2, 0.25) is 22.0 Å². The molecule has 0 saturated carbocycles. The van der Waals surface area contributed by atoms with Gasteiger partial charge in [0.25, 0.3) is 0 Å². The molecule has 3 aliphatic heterocycles. The van der Waals surface area contributed by atoms with Crippen LogP contribution in [0.2, 0.25) is 0 Å². The number of hydrogen-bond acceptors (Lipinski definition) is 7. The second-order valence-electron chi connectivity index (χ2n) is 20.6. The molecule has 9 nitrogen and oxygen atoms in total. The lowest BCUT2D eigenvalue weighted by Gasteiger charge is -2.37. The Hall–Kier alpha value is -6.09. The smallest absolute Gasteiger partial charge is 0.235 e. The zero-order valence-corrected chi connectivity index (χ0v) is 39.2. The average Bonchev–Trinajstić information content (AvgIpc) is 3.49. The summed E-state index contributed by atoms with van der Waals surface area (Å²) in [5.41, 5.74) is 5.25. The standard InChI is InChI=1S/C55H61N5O4/c1-12-35-31(10)41(56-32(35)11)22-39-50(61)44(51(39)62)36-20-17-34-18-21-38(49-43(34)48(36)59-55(60-49,25-29(6)7)26-30(8)9)46-52(63)45(53(46)64)37-19-16-33-14-13-15-40-42(33)47(37)58-54(57-40,23-27(2)3)24-28(4)5/h13-22,27-30,57,60-61,63H,12,23-26H2,1-11H3/b41-22-,44-36-,45-37-. The number of carbonyl (C=O) groups excluding carboxylic acids is 2. The topological polar surface area (TPSA) is 145 Å². The van der Waals surface area contributed by atoms with Gasteiger partial charge in [0.15, 0.2) is 11.6 Å². The van der Waals surface area contributed by atoms with Gasteiger partial charge >= 0.3 is 0 Å². The van der Waals surface area contributed by atoms with E-state index in [1.165, 1.54) is 0 Å². The molecule has 0 radical (unpaired) electrons. The number of ketones is 2. The Labute approximate surface area is 375 Å². The molecule has 2 aliphatic carbocycles. The molecule has 9 heteroatoms. The molecule has 4 N–H and O–H groups in total. The van der Waals surface area contributed by atoms with Crippen LogP contribution >= 0.6 is 0 Å². The van der Waals surface area contributed by atoms with Crippen molar-refractivity contribution in [3.8, 4) is 0 Å². The monoisotopic (exact) mass is 855 g/mol. The number of allylic oxidation sites excluding steroid dienone is 7. The molecule has 0 amide bonds. The van der Waals surface area contributed by atoms with E-state index in [4.69, 9.17) is 4.99 Å². The van der Waals surface area contributed by atoms with Crippen molar-refractivity contribution in [1.82, 2.24) is 0 Å². The SMILES string of the molecule is CCC1=C(C)/C(=C/C2=C([O-])C(=c3\ccc4ccc(C5=C([O-])/C(=c6\ccc7cccc8c7c6=[NH+]C(CC(C)C)(CC(C)C)N8)C5=O)c5c4c3=[NH+]C(CC(C)C)(CC(C)C)N5)/C2=O)N=C1C. The zero-order valence-electron chi connectivity index (χ0n) is 39.2. The third-order valence-corrected chi connectivity index (χ3v) is 13.6. The minimum Gasteiger partial charge on any atom is -0.871 e. The summed E-state index contributed by atoms with van der Waals surface area (Å²) in [5, 5.41) is 43.0. The average molecular weight is 856 g/mol. The summed E-state index contributed by atoms with van der Waals surface area (Å²) in [7, 11) is 0. The third-order valence-electron chi connectivity index (χ3n) is 13.6. The highest BCUT2D eigenvalue weighted by Crippen LogP contribution is 2.42. The number of benzene rings is 4. The Bertz CT molecular complexity index is 3170. The Kier molecular flexibility index (Phi) is 10.5. The molecule has 4 aromatic carbocycles. The van der Waals surface area contributed by atoms with E-state index in [0.717, 1.165) is 68.7 Å². The normalized spacial score (nSPS) is 21.0. The van der Waals surface area contributed by atoms with Gasteiger partial charge in [-0.25, -0.2) is 9.98 Å². The molecule has 0 bridgehead atoms. The third kappa shape index (κ3) is 6.85. The first-order valence-electron chi connectivity index (χ1n) is 23.3. The van der Waals surface area contributed by atoms with Gasteiger partial charge in [0.1, 0.15) is 0 Å². The van der Waals surface area contributed by atoms with Crippen LogP contribution in [0.15, 0.2) is 99.6 Å². The highest BCUT2D eigenvalue weighted by atomic mass is 16.3. The quantitative estimate of drug-likeness (QED) is 0.181. The fourth-order valence-corrected chi connectivity index (χ4v) is 11.5. The summed E-state index contributed by atoms with van der Waals surface area (Å²) < 4.78 is 0. The number of anilines is 2. The summed E-state index contributed by atoms with van der Waals surface area (Å²) in [5.74, 6) is 0.0302. The largest absolute Gasteiger partial charge is 0.871 e. The molecule has 5 aliphatic rings. The Balaban J connectivity index is 1.30. The number of hydrogen-bond donors (Lipinski definition) is 4. The van der Waals surface area contributed by atoms with Crippen LogP contribution in [-0.2, 0) is 9.59 Å². The minimum atomic E-state index is -0.719. The maximum atomic E-state index is 14.9. The van der Waals surface area contributed by atoms with E-state index in [0.29, 0.717) is 57.4 Å². The van der Waals surface area contributed by atoms with Crippen molar-refractivity contribution < 1.29 is 29.8 Å². The highest BCUT2D eigenvalue weighted by molar-refractivity contribution is 6.52. The molecule has 0 saturated heterocycles. The number of nitrogens with zero attached hydrogens (tertiary/aromatic N) is 1. The Morgan fingerprint density at radius 2 is 1.19 bits per heavy atom. The molecule has 0 fully saturated rings. The zero-order chi connectivity index (χ0) is 45.7. The second kappa shape index (κ2) is 15.6. The molecule has 0 spiro atoms. The molecule has 3 heterocycles. The Morgan fingerprint density at radius 3 is 1.72 bits per heavy atom. The summed E-state index contributed by atoms with van der Waals surface area (Å²) in [4.78, 5) is 41.5. The van der Waals surface area contributed by atoms with Crippen molar-refractivity contribution in [3.63, 3.8) is 0 Å². The van der Waals surface area contributed by atoms with Crippen LogP contribution < -0.4 is 52.0 Å². The molecule has 64 heavy (non-hydrogen) atoms. The lowest BCUT2D eigenvalue weighted by molar-refractivity contribution is -0.589. The van der Waals surface area contributed by atoms with E-state index in [1.54, 1.807) is 6.08 Å². The first-order chi connectivity index (χ1) is 30.4. The lowest BCUT2D eigenvalue weighted by atomic mass is 9.79. The molecule has 0 unspecified atom stereocenters. The second-order valence-corrected chi connectivity index (χ2v) is 20.6. The molecule has 330 valence electrons. The highest BCUT2D eigenvalue weighted by Gasteiger charge is 2.44. The number of nitrogens with one attached hydrogen (secondary N) is 4. The lowest BCUT2D eigenvalue weighted by Crippen LogP contribution is -2.96. The molecule has 4 aromatic rings. The van der Waals surface area contributed by atoms with Gasteiger partial charge in [-0.1, -0.05) is 110 Å². The van der Waals surface area contributed by atoms with Crippen molar-refractivity contribution >= 4 is 66.9 Å². The molecular formula is C55H61N5O4. The summed E-state index contributed by atoms with van der Waals surface area (Å²) >= 11 is 0. The van der Waals surface area contributed by atoms with Gasteiger partial charge in [-0.05, 0) is 90.1 Å². The van der Waals surface area contributed by atoms with Crippen LogP contribution in [0.25, 0.3) is 38.3 Å². The van der Waals surface area contributed by atoms with Crippen molar-refractivity contribution in [2.75, 3.05) is 10.6 Å². The van der Waals surface area contributed by atoms with Crippen molar-refractivity contribution in [2.45, 2.75) is 120 Å². The first kappa shape index (κ1) is 43.2. The fraction of sp³-hybridized carbons (Fsp3) is 0.400. The predicted octanol–water partition coefficient (Wildman–Crippen LogP) is 3.76. The molecule has 0 aromatic heterocycles. The van der Waals surface area contributed by atoms with Gasteiger partial charge in [-0.3, -0.25) is 14.6 Å². The number of Topliss-reactive ketones (excluding diaryl/α,β-unsaturated/α-hetero) is 2. The predicted molar refractivity (Wildman–Crippen MR) is 252 cm³/mol. The fourth-order valence-electron chi connectivity index (χ4n) is 11.5. The van der Waals surface area contributed by atoms with Gasteiger partial charge < -0.3 is 20.8 Å². The first-order valence-corrected chi connectivity index (χ1v) is 23.3. The molecular weight excluding hydrogens is 795 g/mol. The van der Waals surface area contributed by atoms with E-state index >= 15 is 0 Å². The summed E-state index contributed by atoms with van der Waals surface area (Å²) in [6.07, 6.45) is 5.56. The van der Waals surface area contributed by atoms with E-state index in [2.05, 4.69) is 101 Å². The van der Waals surface area contributed by atoms with Gasteiger partial charge in [0, 0.05) is 59.3 Å². The van der Waals surface area contributed by atoms with E-state index in [-0.39, 0.29) is 57.2 Å². The summed E-state index contributed by atoms with van der Waals surface area (Å²) in [6, 6.07) is 17.7.